The minimum absolute atomic E-state index is 0.0268. The molecule has 0 spiro atoms. The molecule has 1 unspecified atom stereocenters. The van der Waals surface area contributed by atoms with Gasteiger partial charge < -0.3 is 10.1 Å². The number of hydrogen-bond acceptors (Lipinski definition) is 2. The van der Waals surface area contributed by atoms with Gasteiger partial charge in [0.2, 0.25) is 0 Å². The van der Waals surface area contributed by atoms with Crippen molar-refractivity contribution in [2.75, 3.05) is 13.7 Å². The van der Waals surface area contributed by atoms with Crippen LogP contribution in [0.15, 0.2) is 24.3 Å². The van der Waals surface area contributed by atoms with Crippen molar-refractivity contribution in [3.8, 4) is 0 Å². The van der Waals surface area contributed by atoms with E-state index in [0.29, 0.717) is 6.04 Å². The summed E-state index contributed by atoms with van der Waals surface area (Å²) in [5, 5.41) is 3.59. The van der Waals surface area contributed by atoms with Crippen LogP contribution in [0.1, 0.15) is 44.7 Å². The number of hydrogen-bond donors (Lipinski definition) is 1. The summed E-state index contributed by atoms with van der Waals surface area (Å²) in [6.07, 6.45) is 3.31. The zero-order chi connectivity index (χ0) is 14.3. The fourth-order valence-electron chi connectivity index (χ4n) is 2.20. The molecule has 1 atom stereocenters. The lowest BCUT2D eigenvalue weighted by atomic mass is 9.95. The van der Waals surface area contributed by atoms with Gasteiger partial charge >= 0.3 is 0 Å². The largest absolute Gasteiger partial charge is 0.379 e. The first-order valence-electron chi connectivity index (χ1n) is 7.31. The Morgan fingerprint density at radius 2 is 1.84 bits per heavy atom. The maximum atomic E-state index is 5.50. The van der Waals surface area contributed by atoms with E-state index in [0.717, 1.165) is 25.8 Å². The van der Waals surface area contributed by atoms with Crippen LogP contribution < -0.4 is 5.32 Å². The zero-order valence-corrected chi connectivity index (χ0v) is 13.1. The minimum atomic E-state index is -0.0268. The molecule has 0 saturated heterocycles. The monoisotopic (exact) mass is 263 g/mol. The first-order chi connectivity index (χ1) is 8.96. The summed E-state index contributed by atoms with van der Waals surface area (Å²) in [7, 11) is 1.79. The normalized spacial score (nSPS) is 13.5. The Bertz CT molecular complexity index is 356. The van der Waals surface area contributed by atoms with E-state index in [1.54, 1.807) is 7.11 Å². The molecule has 2 heteroatoms. The second-order valence-corrected chi connectivity index (χ2v) is 5.95. The van der Waals surface area contributed by atoms with Crippen LogP contribution in [0.5, 0.6) is 0 Å². The molecule has 0 aliphatic heterocycles. The molecule has 0 aromatic heterocycles. The van der Waals surface area contributed by atoms with Crippen LogP contribution in [-0.2, 0) is 11.2 Å². The maximum Gasteiger partial charge on any atom is 0.0623 e. The smallest absolute Gasteiger partial charge is 0.0623 e. The number of methoxy groups -OCH3 is 1. The van der Waals surface area contributed by atoms with Crippen LogP contribution in [0.25, 0.3) is 0 Å². The van der Waals surface area contributed by atoms with Gasteiger partial charge in [0.15, 0.2) is 0 Å². The molecule has 108 valence electrons. The molecule has 19 heavy (non-hydrogen) atoms. The third-order valence-electron chi connectivity index (χ3n) is 3.74. The Balaban J connectivity index is 2.55. The van der Waals surface area contributed by atoms with E-state index >= 15 is 0 Å². The van der Waals surface area contributed by atoms with E-state index in [4.69, 9.17) is 4.74 Å². The Morgan fingerprint density at radius 1 is 1.21 bits per heavy atom. The number of ether oxygens (including phenoxy) is 1. The molecule has 0 bridgehead atoms. The van der Waals surface area contributed by atoms with Crippen LogP contribution >= 0.6 is 0 Å². The van der Waals surface area contributed by atoms with Gasteiger partial charge in [0, 0.05) is 13.2 Å². The predicted octanol–water partition coefficient (Wildman–Crippen LogP) is 3.72. The molecule has 0 aliphatic carbocycles. The third kappa shape index (κ3) is 6.22. The average molecular weight is 263 g/mol. The fraction of sp³-hybridized carbons (Fsp3) is 0.647. The van der Waals surface area contributed by atoms with Crippen molar-refractivity contribution in [1.29, 1.82) is 0 Å². The summed E-state index contributed by atoms with van der Waals surface area (Å²) >= 11 is 0. The van der Waals surface area contributed by atoms with E-state index in [1.807, 2.05) is 0 Å². The molecule has 0 heterocycles. The third-order valence-corrected chi connectivity index (χ3v) is 3.74. The molecule has 0 fully saturated rings. The first-order valence-corrected chi connectivity index (χ1v) is 7.31. The molecular formula is C17H29NO. The van der Waals surface area contributed by atoms with Crippen molar-refractivity contribution in [3.05, 3.63) is 35.4 Å². The van der Waals surface area contributed by atoms with Gasteiger partial charge in [0.25, 0.3) is 0 Å². The summed E-state index contributed by atoms with van der Waals surface area (Å²) in [5.74, 6) is 0. The predicted molar refractivity (Wildman–Crippen MR) is 82.7 cm³/mol. The van der Waals surface area contributed by atoms with Gasteiger partial charge in [-0.15, -0.1) is 0 Å². The average Bonchev–Trinajstić information content (AvgIpc) is 2.39. The number of aryl methyl sites for hydroxylation is 1. The van der Waals surface area contributed by atoms with Gasteiger partial charge in [-0.25, -0.2) is 0 Å². The second kappa shape index (κ2) is 7.66. The molecule has 0 radical (unpaired) electrons. The highest BCUT2D eigenvalue weighted by Gasteiger charge is 2.19. The SMILES string of the molecule is CCNC(CCC(C)(C)OC)Cc1ccc(C)cc1. The standard InChI is InChI=1S/C17H29NO/c1-6-18-16(11-12-17(3,4)19-5)13-15-9-7-14(2)8-10-15/h7-10,16,18H,6,11-13H2,1-5H3. The Labute approximate surface area is 118 Å². The lowest BCUT2D eigenvalue weighted by molar-refractivity contribution is 0.0117. The van der Waals surface area contributed by atoms with Crippen LogP contribution in [0.2, 0.25) is 0 Å². The highest BCUT2D eigenvalue weighted by molar-refractivity contribution is 5.22. The van der Waals surface area contributed by atoms with Crippen LogP contribution in [0.4, 0.5) is 0 Å². The molecule has 1 aromatic rings. The zero-order valence-electron chi connectivity index (χ0n) is 13.1. The minimum Gasteiger partial charge on any atom is -0.379 e. The van der Waals surface area contributed by atoms with Crippen molar-refractivity contribution in [1.82, 2.24) is 5.32 Å². The highest BCUT2D eigenvalue weighted by Crippen LogP contribution is 2.18. The Morgan fingerprint density at radius 3 is 2.37 bits per heavy atom. The van der Waals surface area contributed by atoms with Crippen LogP contribution in [-0.4, -0.2) is 25.3 Å². The van der Waals surface area contributed by atoms with Gasteiger partial charge in [-0.05, 0) is 52.1 Å². The lowest BCUT2D eigenvalue weighted by Gasteiger charge is -2.26. The number of rotatable bonds is 8. The van der Waals surface area contributed by atoms with Crippen LogP contribution in [0.3, 0.4) is 0 Å². The number of benzene rings is 1. The van der Waals surface area contributed by atoms with Crippen molar-refractivity contribution in [3.63, 3.8) is 0 Å². The topological polar surface area (TPSA) is 21.3 Å². The van der Waals surface area contributed by atoms with Crippen molar-refractivity contribution in [2.24, 2.45) is 0 Å². The quantitative estimate of drug-likeness (QED) is 0.772. The van der Waals surface area contributed by atoms with Gasteiger partial charge in [-0.3, -0.25) is 0 Å². The summed E-state index contributed by atoms with van der Waals surface area (Å²) < 4.78 is 5.50. The summed E-state index contributed by atoms with van der Waals surface area (Å²) in [6.45, 7) is 9.63. The number of nitrogens with one attached hydrogen (secondary N) is 1. The Kier molecular flexibility index (Phi) is 6.53. The van der Waals surface area contributed by atoms with E-state index in [9.17, 15) is 0 Å². The van der Waals surface area contributed by atoms with Gasteiger partial charge in [-0.1, -0.05) is 36.8 Å². The van der Waals surface area contributed by atoms with Crippen LogP contribution in [0, 0.1) is 6.92 Å². The van der Waals surface area contributed by atoms with E-state index in [-0.39, 0.29) is 5.60 Å². The molecule has 0 saturated carbocycles. The van der Waals surface area contributed by atoms with E-state index < -0.39 is 0 Å². The van der Waals surface area contributed by atoms with Gasteiger partial charge in [0.1, 0.15) is 0 Å². The summed E-state index contributed by atoms with van der Waals surface area (Å²) in [4.78, 5) is 0. The number of likely N-dealkylation sites (N-methyl/N-ethyl adjacent to an activating group) is 1. The molecular weight excluding hydrogens is 234 g/mol. The molecule has 1 aromatic carbocycles. The maximum absolute atomic E-state index is 5.50. The molecule has 0 aliphatic rings. The van der Waals surface area contributed by atoms with Crippen molar-refractivity contribution in [2.45, 2.75) is 58.6 Å². The fourth-order valence-corrected chi connectivity index (χ4v) is 2.20. The van der Waals surface area contributed by atoms with E-state index in [2.05, 4.69) is 57.3 Å². The summed E-state index contributed by atoms with van der Waals surface area (Å²) in [5.41, 5.74) is 2.71. The van der Waals surface area contributed by atoms with Gasteiger partial charge in [-0.2, -0.15) is 0 Å². The Hall–Kier alpha value is -0.860. The molecule has 0 amide bonds. The summed E-state index contributed by atoms with van der Waals surface area (Å²) in [6, 6.07) is 9.39. The van der Waals surface area contributed by atoms with E-state index in [1.165, 1.54) is 11.1 Å². The molecule has 1 rings (SSSR count). The highest BCUT2D eigenvalue weighted by atomic mass is 16.5. The lowest BCUT2D eigenvalue weighted by Crippen LogP contribution is -2.34. The first kappa shape index (κ1) is 16.2. The second-order valence-electron chi connectivity index (χ2n) is 5.95. The van der Waals surface area contributed by atoms with Gasteiger partial charge in [0.05, 0.1) is 5.60 Å². The van der Waals surface area contributed by atoms with Crippen molar-refractivity contribution < 1.29 is 4.74 Å². The molecule has 1 N–H and O–H groups in total. The molecule has 2 nitrogen and oxygen atoms in total. The van der Waals surface area contributed by atoms with Crippen molar-refractivity contribution >= 4 is 0 Å².